The Labute approximate surface area is 293 Å². The van der Waals surface area contributed by atoms with Crippen molar-refractivity contribution in [2.75, 3.05) is 5.32 Å². The molecule has 4 aromatic carbocycles. The van der Waals surface area contributed by atoms with E-state index in [-0.39, 0.29) is 44.5 Å². The number of rotatable bonds is 5. The molecule has 0 aromatic heterocycles. The number of hydrogen-bond donors (Lipinski definition) is 1. The summed E-state index contributed by atoms with van der Waals surface area (Å²) in [6.07, 6.45) is 5.97. The van der Waals surface area contributed by atoms with Crippen molar-refractivity contribution in [3.8, 4) is 0 Å². The molecular weight excluding hydrogens is 672 g/mol. The summed E-state index contributed by atoms with van der Waals surface area (Å²) in [6.45, 7) is 17.0. The van der Waals surface area contributed by atoms with Crippen LogP contribution in [0.25, 0.3) is 0 Å². The van der Waals surface area contributed by atoms with E-state index in [1.807, 2.05) is 18.3 Å². The van der Waals surface area contributed by atoms with E-state index in [4.69, 9.17) is 0 Å². The number of ketones is 1. The van der Waals surface area contributed by atoms with Crippen LogP contribution in [0, 0.1) is 32.1 Å². The van der Waals surface area contributed by atoms with Crippen LogP contribution in [0.15, 0.2) is 144 Å². The molecule has 1 aliphatic carbocycles. The summed E-state index contributed by atoms with van der Waals surface area (Å²) in [5.74, 6) is 0.110. The number of Topliss-reactive ketones (excluding diaryl/α,β-unsaturated/α-hetero) is 1. The number of hydrogen-bond acceptors (Lipinski definition) is 2. The van der Waals surface area contributed by atoms with Crippen molar-refractivity contribution in [1.82, 2.24) is 0 Å². The van der Waals surface area contributed by atoms with Gasteiger partial charge >= 0.3 is 0 Å². The first-order valence-electron chi connectivity index (χ1n) is 15.3. The van der Waals surface area contributed by atoms with Gasteiger partial charge in [0.1, 0.15) is 0 Å². The zero-order valence-electron chi connectivity index (χ0n) is 28.8. The van der Waals surface area contributed by atoms with E-state index in [2.05, 4.69) is 170 Å². The number of benzene rings is 4. The van der Waals surface area contributed by atoms with Crippen molar-refractivity contribution in [3.05, 3.63) is 163 Å². The van der Waals surface area contributed by atoms with Crippen LogP contribution in [0.3, 0.4) is 0 Å². The standard InChI is InChI=1S/C23H31NO.C18H15P.CH3.Pd/c1-15-10-9-11-16(2)20(15)24-14-17-12-18(22(3,4)5)13-19(21(17)25)23(6,7)8;1-4-10-16(11-5-1)19(17-12-6-2-7-13-17)18-14-8-3-9-15-18;;/h9-14,24H,1-8H3;1-15H;1H3;/q;;-1;/b17-14-;;;. The first-order chi connectivity index (χ1) is 20.9. The largest absolute Gasteiger partial charge is 0.361 e. The second-order valence-electron chi connectivity index (χ2n) is 13.3. The van der Waals surface area contributed by atoms with Crippen LogP contribution in [0.5, 0.6) is 0 Å². The Balaban J connectivity index is 0.000000316. The second kappa shape index (κ2) is 17.0. The summed E-state index contributed by atoms with van der Waals surface area (Å²) in [5.41, 5.74) is 6.01. The molecule has 0 radical (unpaired) electrons. The van der Waals surface area contributed by atoms with Gasteiger partial charge in [-0.15, -0.1) is 0 Å². The molecule has 0 heterocycles. The average molecular weight is 721 g/mol. The molecule has 1 aliphatic rings. The fourth-order valence-corrected chi connectivity index (χ4v) is 7.42. The minimum Gasteiger partial charge on any atom is -0.361 e. The third kappa shape index (κ3) is 10.1. The molecule has 1 N–H and O–H groups in total. The van der Waals surface area contributed by atoms with Crippen LogP contribution < -0.4 is 21.2 Å². The van der Waals surface area contributed by atoms with Crippen molar-refractivity contribution in [2.45, 2.75) is 55.4 Å². The van der Waals surface area contributed by atoms with Gasteiger partial charge in [-0.1, -0.05) is 157 Å². The van der Waals surface area contributed by atoms with Crippen LogP contribution in [0.4, 0.5) is 5.69 Å². The quantitative estimate of drug-likeness (QED) is 0.0963. The van der Waals surface area contributed by atoms with Crippen LogP contribution in [0.1, 0.15) is 52.7 Å². The van der Waals surface area contributed by atoms with Crippen molar-refractivity contribution in [3.63, 3.8) is 0 Å². The van der Waals surface area contributed by atoms with E-state index in [0.717, 1.165) is 16.8 Å². The van der Waals surface area contributed by atoms with Gasteiger partial charge in [-0.2, -0.15) is 0 Å². The predicted octanol–water partition coefficient (Wildman–Crippen LogP) is 10.0. The fraction of sp³-hybridized carbons (Fsp3) is 0.238. The summed E-state index contributed by atoms with van der Waals surface area (Å²) in [4.78, 5) is 13.0. The van der Waals surface area contributed by atoms with E-state index in [1.54, 1.807) is 0 Å². The monoisotopic (exact) mass is 720 g/mol. The first-order valence-corrected chi connectivity index (χ1v) is 16.7. The topological polar surface area (TPSA) is 29.1 Å². The third-order valence-corrected chi connectivity index (χ3v) is 10.1. The Morgan fingerprint density at radius 3 is 1.37 bits per heavy atom. The van der Waals surface area contributed by atoms with Gasteiger partial charge in [0.2, 0.25) is 0 Å². The van der Waals surface area contributed by atoms with Crippen molar-refractivity contribution in [1.29, 1.82) is 0 Å². The molecular formula is C42H49NOPPd-. The summed E-state index contributed by atoms with van der Waals surface area (Å²) >= 11 is 0. The van der Waals surface area contributed by atoms with Gasteiger partial charge in [0.15, 0.2) is 5.78 Å². The molecule has 0 bridgehead atoms. The molecule has 5 rings (SSSR count). The van der Waals surface area contributed by atoms with Crippen LogP contribution in [-0.2, 0) is 25.2 Å². The number of para-hydroxylation sites is 1. The van der Waals surface area contributed by atoms with E-state index in [0.29, 0.717) is 0 Å². The molecule has 0 fully saturated rings. The molecule has 0 spiro atoms. The smallest absolute Gasteiger partial charge is 0.191 e. The fourth-order valence-electron chi connectivity index (χ4n) is 5.12. The molecule has 4 heteroatoms. The Kier molecular flexibility index (Phi) is 14.4. The number of carbonyl (C=O) groups is 1. The molecule has 46 heavy (non-hydrogen) atoms. The SMILES string of the molecule is Cc1cccc(C)c1N/C=C1/C=C(C(C)(C)C)C=C(C(C)(C)C)C1=O.[CH3-].[Pd].c1ccc(P(c2ccccc2)c2ccccc2)cc1. The number of aryl methyl sites for hydroxylation is 2. The molecule has 0 unspecified atom stereocenters. The van der Waals surface area contributed by atoms with Gasteiger partial charge in [0.25, 0.3) is 0 Å². The molecule has 0 aliphatic heterocycles. The Morgan fingerprint density at radius 2 is 1.00 bits per heavy atom. The molecule has 2 nitrogen and oxygen atoms in total. The zero-order valence-corrected chi connectivity index (χ0v) is 31.2. The zero-order chi connectivity index (χ0) is 31.9. The van der Waals surface area contributed by atoms with Gasteiger partial charge in [0.05, 0.1) is 0 Å². The van der Waals surface area contributed by atoms with Crippen molar-refractivity contribution < 1.29 is 25.2 Å². The minimum absolute atomic E-state index is 0. The van der Waals surface area contributed by atoms with Crippen LogP contribution in [0.2, 0.25) is 0 Å². The van der Waals surface area contributed by atoms with Crippen LogP contribution in [-0.4, -0.2) is 5.78 Å². The maximum atomic E-state index is 13.0. The molecule has 244 valence electrons. The third-order valence-electron chi connectivity index (χ3n) is 7.69. The van der Waals surface area contributed by atoms with E-state index >= 15 is 0 Å². The van der Waals surface area contributed by atoms with Gasteiger partial charge < -0.3 is 12.7 Å². The Bertz CT molecular complexity index is 1540. The maximum absolute atomic E-state index is 13.0. The molecule has 4 aromatic rings. The number of carbonyl (C=O) groups excluding carboxylic acids is 1. The Morgan fingerprint density at radius 1 is 0.587 bits per heavy atom. The number of nitrogens with one attached hydrogen (secondary N) is 1. The van der Waals surface area contributed by atoms with Crippen molar-refractivity contribution in [2.24, 2.45) is 10.8 Å². The van der Waals surface area contributed by atoms with Gasteiger partial charge in [-0.05, 0) is 71.3 Å². The molecule has 0 saturated carbocycles. The molecule has 0 atom stereocenters. The molecule has 0 saturated heterocycles. The first kappa shape index (κ1) is 38.8. The Hall–Kier alpha value is -3.34. The minimum atomic E-state index is -0.446. The predicted molar refractivity (Wildman–Crippen MR) is 199 cm³/mol. The van der Waals surface area contributed by atoms with Gasteiger partial charge in [-0.25, -0.2) is 0 Å². The average Bonchev–Trinajstić information content (AvgIpc) is 2.99. The normalized spacial score (nSPS) is 13.8. The van der Waals surface area contributed by atoms with Crippen LogP contribution >= 0.6 is 7.92 Å². The van der Waals surface area contributed by atoms with Crippen molar-refractivity contribution >= 4 is 35.3 Å². The van der Waals surface area contributed by atoms with Gasteiger partial charge in [-0.3, -0.25) is 4.79 Å². The summed E-state index contributed by atoms with van der Waals surface area (Å²) in [5, 5.41) is 7.56. The van der Waals surface area contributed by atoms with Gasteiger partial charge in [0, 0.05) is 43.5 Å². The maximum Gasteiger partial charge on any atom is 0.191 e. The second-order valence-corrected chi connectivity index (χ2v) is 15.6. The van der Waals surface area contributed by atoms with E-state index in [9.17, 15) is 4.79 Å². The number of allylic oxidation sites excluding steroid dienone is 5. The summed E-state index contributed by atoms with van der Waals surface area (Å²) in [7, 11) is -0.446. The molecule has 0 amide bonds. The van der Waals surface area contributed by atoms with E-state index in [1.165, 1.54) is 32.6 Å². The summed E-state index contributed by atoms with van der Waals surface area (Å²) < 4.78 is 0. The number of anilines is 1. The summed E-state index contributed by atoms with van der Waals surface area (Å²) in [6, 6.07) is 38.5. The van der Waals surface area contributed by atoms with E-state index < -0.39 is 7.92 Å².